The van der Waals surface area contributed by atoms with Gasteiger partial charge in [0.15, 0.2) is 11.5 Å². The minimum absolute atomic E-state index is 0.0395. The molecule has 0 aromatic heterocycles. The first-order valence-corrected chi connectivity index (χ1v) is 8.81. The Bertz CT molecular complexity index is 793. The molecule has 0 saturated carbocycles. The second-order valence-electron chi connectivity index (χ2n) is 6.27. The molecule has 3 rings (SSSR count). The van der Waals surface area contributed by atoms with E-state index in [0.717, 1.165) is 37.9 Å². The van der Waals surface area contributed by atoms with Gasteiger partial charge in [0, 0.05) is 24.7 Å². The molecule has 0 aliphatic carbocycles. The summed E-state index contributed by atoms with van der Waals surface area (Å²) in [5.41, 5.74) is 1.28. The lowest BCUT2D eigenvalue weighted by Crippen LogP contribution is -2.40. The topological polar surface area (TPSA) is 62.6 Å². The molecule has 26 heavy (non-hydrogen) atoms. The third kappa shape index (κ3) is 3.97. The molecule has 5 heteroatoms. The van der Waals surface area contributed by atoms with E-state index in [1.165, 1.54) is 7.11 Å². The molecule has 0 N–H and O–H groups in total. The second kappa shape index (κ2) is 8.39. The number of likely N-dealkylation sites (tertiary alicyclic amines) is 1. The van der Waals surface area contributed by atoms with E-state index in [0.29, 0.717) is 17.1 Å². The van der Waals surface area contributed by atoms with Crippen LogP contribution >= 0.6 is 0 Å². The van der Waals surface area contributed by atoms with E-state index in [2.05, 4.69) is 6.07 Å². The number of nitrogens with zero attached hydrogens (tertiary/aromatic N) is 2. The highest BCUT2D eigenvalue weighted by atomic mass is 16.5. The molecular weight excluding hydrogens is 328 g/mol. The number of carbonyl (C=O) groups excluding carboxylic acids is 1. The Morgan fingerprint density at radius 2 is 1.81 bits per heavy atom. The van der Waals surface area contributed by atoms with E-state index < -0.39 is 6.10 Å². The Labute approximate surface area is 153 Å². The Balaban J connectivity index is 1.91. The van der Waals surface area contributed by atoms with Gasteiger partial charge in [0.2, 0.25) is 6.10 Å². The zero-order valence-electron chi connectivity index (χ0n) is 14.9. The fraction of sp³-hybridized carbons (Fsp3) is 0.333. The Morgan fingerprint density at radius 3 is 2.46 bits per heavy atom. The van der Waals surface area contributed by atoms with Gasteiger partial charge in [-0.25, -0.2) is 0 Å². The van der Waals surface area contributed by atoms with Crippen molar-refractivity contribution in [1.29, 1.82) is 5.26 Å². The molecule has 0 bridgehead atoms. The van der Waals surface area contributed by atoms with E-state index in [-0.39, 0.29) is 5.91 Å². The number of piperidine rings is 1. The number of ether oxygens (including phenoxy) is 2. The van der Waals surface area contributed by atoms with Crippen LogP contribution in [-0.2, 0) is 4.79 Å². The highest BCUT2D eigenvalue weighted by Crippen LogP contribution is 2.33. The first-order chi connectivity index (χ1) is 12.7. The van der Waals surface area contributed by atoms with Crippen LogP contribution in [0.5, 0.6) is 11.5 Å². The molecule has 2 aromatic rings. The maximum Gasteiger partial charge on any atom is 0.268 e. The lowest BCUT2D eigenvalue weighted by Gasteiger charge is -2.31. The molecule has 0 spiro atoms. The summed E-state index contributed by atoms with van der Waals surface area (Å²) in [4.78, 5) is 15.0. The quantitative estimate of drug-likeness (QED) is 0.825. The third-order valence-electron chi connectivity index (χ3n) is 4.53. The molecule has 0 unspecified atom stereocenters. The number of nitriles is 1. The lowest BCUT2D eigenvalue weighted by molar-refractivity contribution is -0.140. The van der Waals surface area contributed by atoms with Crippen LogP contribution in [0, 0.1) is 11.3 Å². The second-order valence-corrected chi connectivity index (χ2v) is 6.27. The number of methoxy groups -OCH3 is 1. The summed E-state index contributed by atoms with van der Waals surface area (Å²) in [5, 5.41) is 9.06. The number of hydrogen-bond acceptors (Lipinski definition) is 4. The van der Waals surface area contributed by atoms with Gasteiger partial charge in [-0.2, -0.15) is 5.26 Å². The highest BCUT2D eigenvalue weighted by molar-refractivity contribution is 5.83. The van der Waals surface area contributed by atoms with Gasteiger partial charge in [-0.3, -0.25) is 4.79 Å². The zero-order chi connectivity index (χ0) is 18.4. The number of amides is 1. The van der Waals surface area contributed by atoms with Crippen LogP contribution in [0.15, 0.2) is 48.5 Å². The molecule has 134 valence electrons. The van der Waals surface area contributed by atoms with Gasteiger partial charge >= 0.3 is 0 Å². The molecule has 1 fully saturated rings. The van der Waals surface area contributed by atoms with Crippen molar-refractivity contribution in [2.75, 3.05) is 20.2 Å². The summed E-state index contributed by atoms with van der Waals surface area (Å²) >= 11 is 0. The van der Waals surface area contributed by atoms with Gasteiger partial charge < -0.3 is 14.4 Å². The van der Waals surface area contributed by atoms with Crippen molar-refractivity contribution in [3.63, 3.8) is 0 Å². The van der Waals surface area contributed by atoms with Crippen LogP contribution in [-0.4, -0.2) is 31.0 Å². The average Bonchev–Trinajstić information content (AvgIpc) is 2.72. The van der Waals surface area contributed by atoms with Crippen molar-refractivity contribution in [3.05, 3.63) is 59.7 Å². The van der Waals surface area contributed by atoms with E-state index in [4.69, 9.17) is 14.7 Å². The average molecular weight is 350 g/mol. The van der Waals surface area contributed by atoms with E-state index >= 15 is 0 Å². The summed E-state index contributed by atoms with van der Waals surface area (Å²) < 4.78 is 11.5. The van der Waals surface area contributed by atoms with E-state index in [9.17, 15) is 4.79 Å². The molecule has 1 aliphatic heterocycles. The molecule has 1 aliphatic rings. The SMILES string of the molecule is COc1cc(C#N)ccc1O[C@@H](C(=O)N1CCCCC1)c1ccccc1. The largest absolute Gasteiger partial charge is 0.493 e. The Morgan fingerprint density at radius 1 is 1.08 bits per heavy atom. The zero-order valence-corrected chi connectivity index (χ0v) is 14.9. The van der Waals surface area contributed by atoms with Crippen LogP contribution in [0.1, 0.15) is 36.5 Å². The minimum atomic E-state index is -0.740. The van der Waals surface area contributed by atoms with Crippen LogP contribution in [0.4, 0.5) is 0 Å². The molecule has 1 amide bonds. The predicted molar refractivity (Wildman–Crippen MR) is 98.0 cm³/mol. The normalized spacial score (nSPS) is 15.0. The number of hydrogen-bond donors (Lipinski definition) is 0. The number of carbonyl (C=O) groups is 1. The Hall–Kier alpha value is -3.00. The van der Waals surface area contributed by atoms with Crippen molar-refractivity contribution in [3.8, 4) is 17.6 Å². The predicted octanol–water partition coefficient (Wildman–Crippen LogP) is 3.70. The van der Waals surface area contributed by atoms with Gasteiger partial charge in [-0.1, -0.05) is 30.3 Å². The minimum Gasteiger partial charge on any atom is -0.493 e. The van der Waals surface area contributed by atoms with Gasteiger partial charge in [0.05, 0.1) is 18.7 Å². The first-order valence-electron chi connectivity index (χ1n) is 8.81. The van der Waals surface area contributed by atoms with Crippen molar-refractivity contribution < 1.29 is 14.3 Å². The van der Waals surface area contributed by atoms with Crippen molar-refractivity contribution in [2.24, 2.45) is 0 Å². The smallest absolute Gasteiger partial charge is 0.268 e. The summed E-state index contributed by atoms with van der Waals surface area (Å²) in [7, 11) is 1.52. The van der Waals surface area contributed by atoms with Crippen LogP contribution in [0.2, 0.25) is 0 Å². The summed E-state index contributed by atoms with van der Waals surface area (Å²) in [6.07, 6.45) is 2.46. The lowest BCUT2D eigenvalue weighted by atomic mass is 10.1. The third-order valence-corrected chi connectivity index (χ3v) is 4.53. The monoisotopic (exact) mass is 350 g/mol. The summed E-state index contributed by atoms with van der Waals surface area (Å²) in [6, 6.07) is 16.5. The maximum absolute atomic E-state index is 13.1. The molecule has 5 nitrogen and oxygen atoms in total. The van der Waals surface area contributed by atoms with E-state index in [1.807, 2.05) is 35.2 Å². The van der Waals surface area contributed by atoms with Crippen molar-refractivity contribution in [2.45, 2.75) is 25.4 Å². The summed E-state index contributed by atoms with van der Waals surface area (Å²) in [5.74, 6) is 0.851. The molecular formula is C21H22N2O3. The fourth-order valence-corrected chi connectivity index (χ4v) is 3.13. The molecule has 0 radical (unpaired) electrons. The van der Waals surface area contributed by atoms with Gasteiger partial charge in [0.1, 0.15) is 0 Å². The maximum atomic E-state index is 13.1. The van der Waals surface area contributed by atoms with Gasteiger partial charge in [0.25, 0.3) is 5.91 Å². The summed E-state index contributed by atoms with van der Waals surface area (Å²) in [6.45, 7) is 1.52. The molecule has 1 heterocycles. The van der Waals surface area contributed by atoms with E-state index in [1.54, 1.807) is 18.2 Å². The highest BCUT2D eigenvalue weighted by Gasteiger charge is 2.29. The van der Waals surface area contributed by atoms with Gasteiger partial charge in [-0.05, 0) is 31.4 Å². The number of benzene rings is 2. The van der Waals surface area contributed by atoms with Crippen LogP contribution in [0.25, 0.3) is 0 Å². The first kappa shape index (κ1) is 17.8. The Kier molecular flexibility index (Phi) is 5.75. The molecule has 2 aromatic carbocycles. The van der Waals surface area contributed by atoms with Gasteiger partial charge in [-0.15, -0.1) is 0 Å². The molecule has 1 saturated heterocycles. The fourth-order valence-electron chi connectivity index (χ4n) is 3.13. The standard InChI is InChI=1S/C21H22N2O3/c1-25-19-14-16(15-22)10-11-18(19)26-20(17-8-4-2-5-9-17)21(24)23-12-6-3-7-13-23/h2,4-5,8-11,14,20H,3,6-7,12-13H2,1H3/t20-/m1/s1. The molecule has 1 atom stereocenters. The van der Waals surface area contributed by atoms with Crippen molar-refractivity contribution in [1.82, 2.24) is 4.90 Å². The van der Waals surface area contributed by atoms with Crippen LogP contribution in [0.3, 0.4) is 0 Å². The number of rotatable bonds is 5. The van der Waals surface area contributed by atoms with Crippen LogP contribution < -0.4 is 9.47 Å². The van der Waals surface area contributed by atoms with Crippen molar-refractivity contribution >= 4 is 5.91 Å².